The molecule has 1 saturated carbocycles. The first-order chi connectivity index (χ1) is 20.9. The lowest BCUT2D eigenvalue weighted by molar-refractivity contribution is -0.147. The highest BCUT2D eigenvalue weighted by atomic mass is 19.4. The third-order valence-electron chi connectivity index (χ3n) is 7.69. The Morgan fingerprint density at radius 2 is 1.45 bits per heavy atom. The van der Waals surface area contributed by atoms with E-state index in [9.17, 15) is 22.8 Å². The lowest BCUT2D eigenvalue weighted by Crippen LogP contribution is -2.16. The van der Waals surface area contributed by atoms with Crippen molar-refractivity contribution in [2.75, 3.05) is 26.8 Å². The van der Waals surface area contributed by atoms with Gasteiger partial charge in [-0.25, -0.2) is 9.59 Å². The minimum absolute atomic E-state index is 0.106. The number of carbonyl (C=O) groups is 2. The SMILES string of the molecule is C=C(CO)C(=O)OCOc1ccc(-c2ccc(C3CCC(CCC(F)(F)F)CC3)cc2CC)cc1OCOC(=O)C(=C)CO. The van der Waals surface area contributed by atoms with Gasteiger partial charge in [-0.1, -0.05) is 44.3 Å². The summed E-state index contributed by atoms with van der Waals surface area (Å²) < 4.78 is 59.1. The van der Waals surface area contributed by atoms with Crippen molar-refractivity contribution in [3.8, 4) is 22.6 Å². The van der Waals surface area contributed by atoms with E-state index < -0.39 is 51.3 Å². The van der Waals surface area contributed by atoms with Gasteiger partial charge >= 0.3 is 18.1 Å². The molecule has 0 amide bonds. The molecule has 0 aliphatic heterocycles. The topological polar surface area (TPSA) is 112 Å². The van der Waals surface area contributed by atoms with Gasteiger partial charge in [0.2, 0.25) is 13.6 Å². The molecule has 0 radical (unpaired) electrons. The lowest BCUT2D eigenvalue weighted by Gasteiger charge is -2.29. The van der Waals surface area contributed by atoms with E-state index in [0.29, 0.717) is 5.92 Å². The first-order valence-electron chi connectivity index (χ1n) is 14.5. The smallest absolute Gasteiger partial charge is 0.389 e. The Bertz CT molecular complexity index is 1310. The molecule has 2 N–H and O–H groups in total. The molecule has 0 bridgehead atoms. The van der Waals surface area contributed by atoms with Gasteiger partial charge in [0.1, 0.15) is 0 Å². The third-order valence-corrected chi connectivity index (χ3v) is 7.69. The van der Waals surface area contributed by atoms with E-state index in [0.717, 1.165) is 48.8 Å². The molecule has 1 aliphatic rings. The normalized spacial score (nSPS) is 16.6. The number of aliphatic hydroxyl groups is 2. The van der Waals surface area contributed by atoms with Crippen molar-refractivity contribution in [1.82, 2.24) is 0 Å². The van der Waals surface area contributed by atoms with Gasteiger partial charge in [-0.05, 0) is 84.7 Å². The van der Waals surface area contributed by atoms with E-state index in [1.165, 1.54) is 5.56 Å². The first-order valence-corrected chi connectivity index (χ1v) is 14.5. The highest BCUT2D eigenvalue weighted by Gasteiger charge is 2.30. The Morgan fingerprint density at radius 3 is 2.00 bits per heavy atom. The fraction of sp³-hybridized carbons (Fsp3) is 0.455. The van der Waals surface area contributed by atoms with Gasteiger partial charge < -0.3 is 29.2 Å². The number of esters is 2. The molecule has 1 fully saturated rings. The Balaban J connectivity index is 1.77. The second-order valence-corrected chi connectivity index (χ2v) is 10.7. The van der Waals surface area contributed by atoms with Crippen molar-refractivity contribution >= 4 is 11.9 Å². The number of aliphatic hydroxyl groups excluding tert-OH is 2. The van der Waals surface area contributed by atoms with E-state index in [2.05, 4.69) is 25.3 Å². The largest absolute Gasteiger partial charge is 0.453 e. The summed E-state index contributed by atoms with van der Waals surface area (Å²) >= 11 is 0. The fourth-order valence-electron chi connectivity index (χ4n) is 5.13. The Labute approximate surface area is 255 Å². The molecule has 11 heteroatoms. The standard InChI is InChI=1S/C33H39F3O8/c1-4-24-15-26(25-7-5-23(6-8-25)13-14-33(34,35)36)9-11-28(24)27-10-12-29(41-19-43-31(39)21(2)17-37)30(16-27)42-20-44-32(40)22(3)18-38/h9-12,15-16,23,25,37-38H,2-8,13-14,17-20H2,1H3. The monoisotopic (exact) mass is 620 g/mol. The first kappa shape index (κ1) is 34.7. The average Bonchev–Trinajstić information content (AvgIpc) is 3.02. The van der Waals surface area contributed by atoms with Crippen molar-refractivity contribution in [2.24, 2.45) is 5.92 Å². The van der Waals surface area contributed by atoms with Crippen LogP contribution in [0, 0.1) is 5.92 Å². The predicted octanol–water partition coefficient (Wildman–Crippen LogP) is 6.39. The van der Waals surface area contributed by atoms with Crippen molar-refractivity contribution in [3.05, 3.63) is 71.8 Å². The number of hydrogen-bond acceptors (Lipinski definition) is 8. The summed E-state index contributed by atoms with van der Waals surface area (Å²) in [5.41, 5.74) is 3.67. The summed E-state index contributed by atoms with van der Waals surface area (Å²) in [5.74, 6) is -0.893. The molecule has 0 unspecified atom stereocenters. The third kappa shape index (κ3) is 10.1. The highest BCUT2D eigenvalue weighted by molar-refractivity contribution is 5.88. The zero-order chi connectivity index (χ0) is 32.3. The van der Waals surface area contributed by atoms with Crippen molar-refractivity contribution in [3.63, 3.8) is 0 Å². The molecule has 0 atom stereocenters. The molecule has 44 heavy (non-hydrogen) atoms. The molecular weight excluding hydrogens is 581 g/mol. The quantitative estimate of drug-likeness (QED) is 0.134. The second kappa shape index (κ2) is 16.3. The van der Waals surface area contributed by atoms with Crippen LogP contribution in [0.2, 0.25) is 0 Å². The van der Waals surface area contributed by atoms with Gasteiger partial charge in [0.15, 0.2) is 11.5 Å². The molecule has 8 nitrogen and oxygen atoms in total. The molecule has 2 aromatic carbocycles. The summed E-state index contributed by atoms with van der Waals surface area (Å²) in [6.07, 6.45) is -0.645. The summed E-state index contributed by atoms with van der Waals surface area (Å²) in [4.78, 5) is 23.7. The fourth-order valence-corrected chi connectivity index (χ4v) is 5.13. The van der Waals surface area contributed by atoms with Crippen molar-refractivity contribution < 1.29 is 51.9 Å². The summed E-state index contributed by atoms with van der Waals surface area (Å²) in [6, 6.07) is 11.3. The molecule has 0 saturated heterocycles. The van der Waals surface area contributed by atoms with Gasteiger partial charge in [0.05, 0.1) is 24.4 Å². The average molecular weight is 621 g/mol. The zero-order valence-electron chi connectivity index (χ0n) is 24.8. The number of hydrogen-bond donors (Lipinski definition) is 2. The zero-order valence-corrected chi connectivity index (χ0v) is 24.8. The van der Waals surface area contributed by atoms with E-state index >= 15 is 0 Å². The summed E-state index contributed by atoms with van der Waals surface area (Å²) in [7, 11) is 0. The Hall–Kier alpha value is -3.83. The Kier molecular flexibility index (Phi) is 12.8. The molecule has 2 aromatic rings. The van der Waals surface area contributed by atoms with Crippen LogP contribution >= 0.6 is 0 Å². The molecule has 1 aliphatic carbocycles. The molecule has 0 heterocycles. The number of ether oxygens (including phenoxy) is 4. The van der Waals surface area contributed by atoms with Gasteiger partial charge in [0.25, 0.3) is 0 Å². The molecule has 0 aromatic heterocycles. The van der Waals surface area contributed by atoms with Gasteiger partial charge in [-0.3, -0.25) is 0 Å². The van der Waals surface area contributed by atoms with Gasteiger partial charge in [0, 0.05) is 6.42 Å². The van der Waals surface area contributed by atoms with Crippen LogP contribution in [0.25, 0.3) is 11.1 Å². The van der Waals surface area contributed by atoms with Crippen LogP contribution in [0.4, 0.5) is 13.2 Å². The minimum atomic E-state index is -4.11. The maximum Gasteiger partial charge on any atom is 0.389 e. The second-order valence-electron chi connectivity index (χ2n) is 10.7. The van der Waals surface area contributed by atoms with E-state index in [-0.39, 0.29) is 35.0 Å². The number of benzene rings is 2. The van der Waals surface area contributed by atoms with Crippen molar-refractivity contribution in [1.29, 1.82) is 0 Å². The predicted molar refractivity (Wildman–Crippen MR) is 157 cm³/mol. The molecule has 0 spiro atoms. The highest BCUT2D eigenvalue weighted by Crippen LogP contribution is 2.41. The maximum atomic E-state index is 12.6. The maximum absolute atomic E-state index is 12.6. The van der Waals surface area contributed by atoms with E-state index in [1.807, 2.05) is 13.0 Å². The summed E-state index contributed by atoms with van der Waals surface area (Å²) in [5, 5.41) is 18.1. The van der Waals surface area contributed by atoms with Gasteiger partial charge in [-0.15, -0.1) is 0 Å². The van der Waals surface area contributed by atoms with Crippen LogP contribution in [-0.2, 0) is 25.5 Å². The summed E-state index contributed by atoms with van der Waals surface area (Å²) in [6.45, 7) is 6.70. The molecule has 3 rings (SSSR count). The molecular formula is C33H39F3O8. The number of rotatable bonds is 15. The van der Waals surface area contributed by atoms with E-state index in [4.69, 9.17) is 29.2 Å². The van der Waals surface area contributed by atoms with Crippen LogP contribution in [0.15, 0.2) is 60.7 Å². The number of carbonyl (C=O) groups excluding carboxylic acids is 2. The van der Waals surface area contributed by atoms with Crippen LogP contribution in [0.5, 0.6) is 11.5 Å². The molecule has 240 valence electrons. The van der Waals surface area contributed by atoms with Crippen LogP contribution in [-0.4, -0.2) is 55.1 Å². The minimum Gasteiger partial charge on any atom is -0.453 e. The number of alkyl halides is 3. The van der Waals surface area contributed by atoms with Gasteiger partial charge in [-0.2, -0.15) is 13.2 Å². The lowest BCUT2D eigenvalue weighted by atomic mass is 9.76. The van der Waals surface area contributed by atoms with E-state index in [1.54, 1.807) is 18.2 Å². The number of aryl methyl sites for hydroxylation is 1. The van der Waals surface area contributed by atoms with Crippen molar-refractivity contribution in [2.45, 2.75) is 64.0 Å². The number of halogens is 3. The van der Waals surface area contributed by atoms with Crippen LogP contribution < -0.4 is 9.47 Å². The Morgan fingerprint density at radius 1 is 0.864 bits per heavy atom. The van der Waals surface area contributed by atoms with Crippen LogP contribution in [0.1, 0.15) is 62.5 Å². The van der Waals surface area contributed by atoms with Crippen LogP contribution in [0.3, 0.4) is 0 Å².